The zero-order valence-electron chi connectivity index (χ0n) is 28.7. The third-order valence-corrected chi connectivity index (χ3v) is 12.8. The topological polar surface area (TPSA) is 34.1 Å². The summed E-state index contributed by atoms with van der Waals surface area (Å²) in [4.78, 5) is 31.8. The van der Waals surface area contributed by atoms with Gasteiger partial charge >= 0.3 is 0 Å². The van der Waals surface area contributed by atoms with E-state index in [1.165, 1.54) is 60.8 Å². The van der Waals surface area contributed by atoms with Gasteiger partial charge in [0.05, 0.1) is 0 Å². The number of benzene rings is 5. The lowest BCUT2D eigenvalue weighted by Gasteiger charge is -2.28. The van der Waals surface area contributed by atoms with Gasteiger partial charge in [0.1, 0.15) is 0 Å². The number of fused-ring (bicyclic) bond motifs is 2. The van der Waals surface area contributed by atoms with Gasteiger partial charge in [-0.05, 0) is 109 Å². The third-order valence-electron chi connectivity index (χ3n) is 10.6. The van der Waals surface area contributed by atoms with Gasteiger partial charge in [-0.25, -0.2) is 0 Å². The van der Waals surface area contributed by atoms with Crippen molar-refractivity contribution in [2.75, 3.05) is 0 Å². The molecule has 4 heteroatoms. The Morgan fingerprint density at radius 2 is 1.10 bits per heavy atom. The van der Waals surface area contributed by atoms with Gasteiger partial charge in [-0.1, -0.05) is 130 Å². The Hall–Kier alpha value is -3.86. The normalized spacial score (nSPS) is 17.8. The van der Waals surface area contributed by atoms with E-state index in [1.807, 2.05) is 24.3 Å². The fourth-order valence-electron chi connectivity index (χ4n) is 7.56. The maximum atomic E-state index is 14.1. The van der Waals surface area contributed by atoms with E-state index in [0.29, 0.717) is 34.1 Å². The molecule has 0 bridgehead atoms. The number of hydrogen-bond acceptors (Lipinski definition) is 4. The van der Waals surface area contributed by atoms with Crippen LogP contribution in [0, 0.1) is 5.92 Å². The molecule has 5 aromatic rings. The Morgan fingerprint density at radius 3 is 1.59 bits per heavy atom. The molecular weight excluding hydrogens is 637 g/mol. The van der Waals surface area contributed by atoms with Gasteiger partial charge < -0.3 is 0 Å². The second-order valence-corrected chi connectivity index (χ2v) is 16.0. The highest BCUT2D eigenvalue weighted by Crippen LogP contribution is 2.42. The van der Waals surface area contributed by atoms with Crippen molar-refractivity contribution in [3.8, 4) is 11.1 Å². The molecule has 0 aliphatic heterocycles. The number of carbonyl (C=O) groups is 2. The molecule has 1 fully saturated rings. The second-order valence-electron chi connectivity index (χ2n) is 13.8. The Labute approximate surface area is 300 Å². The molecule has 1 saturated carbocycles. The van der Waals surface area contributed by atoms with Gasteiger partial charge in [0.2, 0.25) is 0 Å². The lowest BCUT2D eigenvalue weighted by molar-refractivity contribution is 0.0974. The summed E-state index contributed by atoms with van der Waals surface area (Å²) in [5.41, 5.74) is 7.17. The van der Waals surface area contributed by atoms with Crippen LogP contribution in [0.2, 0.25) is 0 Å². The van der Waals surface area contributed by atoms with Crippen molar-refractivity contribution in [2.24, 2.45) is 5.92 Å². The molecule has 0 aromatic heterocycles. The Morgan fingerprint density at radius 1 is 0.612 bits per heavy atom. The molecule has 0 heterocycles. The van der Waals surface area contributed by atoms with Crippen LogP contribution in [0.3, 0.4) is 0 Å². The van der Waals surface area contributed by atoms with E-state index >= 15 is 0 Å². The van der Waals surface area contributed by atoms with Crippen LogP contribution in [-0.4, -0.2) is 11.6 Å². The summed E-state index contributed by atoms with van der Waals surface area (Å²) in [5.74, 6) is 1.95. The fourth-order valence-corrected chi connectivity index (χ4v) is 9.51. The molecule has 248 valence electrons. The molecule has 7 rings (SSSR count). The predicted octanol–water partition coefficient (Wildman–Crippen LogP) is 13.0. The predicted molar refractivity (Wildman–Crippen MR) is 205 cm³/mol. The van der Waals surface area contributed by atoms with Crippen LogP contribution in [-0.2, 0) is 0 Å². The molecule has 0 radical (unpaired) electrons. The van der Waals surface area contributed by atoms with Crippen LogP contribution in [0.4, 0.5) is 0 Å². The molecule has 0 N–H and O–H groups in total. The highest BCUT2D eigenvalue weighted by atomic mass is 32.2. The van der Waals surface area contributed by atoms with Crippen LogP contribution in [0.5, 0.6) is 0 Å². The first-order valence-corrected chi connectivity index (χ1v) is 19.6. The summed E-state index contributed by atoms with van der Waals surface area (Å²) >= 11 is 3.09. The van der Waals surface area contributed by atoms with Crippen molar-refractivity contribution in [2.45, 2.75) is 97.1 Å². The molecule has 1 atom stereocenters. The molecule has 2 aliphatic carbocycles. The van der Waals surface area contributed by atoms with Crippen molar-refractivity contribution in [3.05, 3.63) is 143 Å². The smallest absolute Gasteiger partial charge is 0.195 e. The summed E-state index contributed by atoms with van der Waals surface area (Å²) in [6.07, 6.45) is 9.13. The largest absolute Gasteiger partial charge is 0.289 e. The van der Waals surface area contributed by atoms with Crippen LogP contribution in [0.1, 0.15) is 121 Å². The lowest BCUT2D eigenvalue weighted by Crippen LogP contribution is -2.22. The van der Waals surface area contributed by atoms with Crippen molar-refractivity contribution in [3.63, 3.8) is 0 Å². The van der Waals surface area contributed by atoms with Crippen LogP contribution in [0.15, 0.2) is 129 Å². The number of ketones is 2. The van der Waals surface area contributed by atoms with Gasteiger partial charge in [0, 0.05) is 41.8 Å². The zero-order chi connectivity index (χ0) is 33.9. The van der Waals surface area contributed by atoms with Gasteiger partial charge in [0.25, 0.3) is 0 Å². The van der Waals surface area contributed by atoms with E-state index < -0.39 is 0 Å². The highest BCUT2D eigenvalue weighted by molar-refractivity contribution is 7.99. The first kappa shape index (κ1) is 33.6. The highest BCUT2D eigenvalue weighted by Gasteiger charge is 2.34. The molecule has 1 unspecified atom stereocenters. The quantitative estimate of drug-likeness (QED) is 0.144. The molecule has 0 amide bonds. The molecule has 2 nitrogen and oxygen atoms in total. The van der Waals surface area contributed by atoms with E-state index in [2.05, 4.69) is 93.6 Å². The number of carbonyl (C=O) groups excluding carboxylic acids is 2. The van der Waals surface area contributed by atoms with E-state index in [4.69, 9.17) is 0 Å². The Kier molecular flexibility index (Phi) is 10.3. The lowest BCUT2D eigenvalue weighted by atomic mass is 9.77. The van der Waals surface area contributed by atoms with E-state index in [0.717, 1.165) is 31.9 Å². The average molecular weight is 681 g/mol. The zero-order valence-corrected chi connectivity index (χ0v) is 30.3. The maximum Gasteiger partial charge on any atom is 0.195 e. The van der Waals surface area contributed by atoms with Crippen LogP contribution >= 0.6 is 23.5 Å². The summed E-state index contributed by atoms with van der Waals surface area (Å²) in [7, 11) is 0. The van der Waals surface area contributed by atoms with E-state index in [-0.39, 0.29) is 11.6 Å². The van der Waals surface area contributed by atoms with Gasteiger partial charge in [0.15, 0.2) is 11.6 Å². The van der Waals surface area contributed by atoms with Crippen molar-refractivity contribution >= 4 is 35.1 Å². The molecule has 2 aliphatic rings. The summed E-state index contributed by atoms with van der Waals surface area (Å²) in [6.45, 7) is 6.73. The molecular formula is C45H44O2S2. The molecule has 0 saturated heterocycles. The second kappa shape index (κ2) is 14.9. The monoisotopic (exact) mass is 680 g/mol. The number of rotatable bonds is 10. The minimum absolute atomic E-state index is 0.0841. The summed E-state index contributed by atoms with van der Waals surface area (Å²) in [5, 5.41) is 0. The minimum atomic E-state index is -0.0853. The molecule has 5 aromatic carbocycles. The van der Waals surface area contributed by atoms with Gasteiger partial charge in [-0.3, -0.25) is 9.59 Å². The van der Waals surface area contributed by atoms with Gasteiger partial charge in [-0.2, -0.15) is 0 Å². The maximum absolute atomic E-state index is 14.1. The summed E-state index contributed by atoms with van der Waals surface area (Å²) < 4.78 is 0. The van der Waals surface area contributed by atoms with Crippen molar-refractivity contribution in [1.82, 2.24) is 0 Å². The summed E-state index contributed by atoms with van der Waals surface area (Å²) in [6, 6.07) is 37.6. The average Bonchev–Trinajstić information content (AvgIpc) is 3.14. The molecule has 0 spiro atoms. The van der Waals surface area contributed by atoms with Crippen molar-refractivity contribution < 1.29 is 9.59 Å². The third kappa shape index (κ3) is 7.09. The SMILES string of the molecule is CCCC1CCC(c2ccc(-c3ccc(Sc4cccc5c4C(=O)c4cccc(Sc6ccc(C(C)CC)cc6)c4C5=O)cc3)cc2)CC1. The van der Waals surface area contributed by atoms with Crippen LogP contribution in [0.25, 0.3) is 11.1 Å². The number of hydrogen-bond donors (Lipinski definition) is 0. The molecule has 49 heavy (non-hydrogen) atoms. The van der Waals surface area contributed by atoms with Gasteiger partial charge in [-0.15, -0.1) is 0 Å². The van der Waals surface area contributed by atoms with E-state index in [1.54, 1.807) is 35.7 Å². The Balaban J connectivity index is 1.07. The Bertz CT molecular complexity index is 1950. The first-order chi connectivity index (χ1) is 23.9. The first-order valence-electron chi connectivity index (χ1n) is 17.9. The van der Waals surface area contributed by atoms with E-state index in [9.17, 15) is 9.59 Å². The van der Waals surface area contributed by atoms with Crippen molar-refractivity contribution in [1.29, 1.82) is 0 Å². The fraction of sp³-hybridized carbons (Fsp3) is 0.289. The van der Waals surface area contributed by atoms with Crippen LogP contribution < -0.4 is 0 Å². The minimum Gasteiger partial charge on any atom is -0.289 e. The standard InChI is InChI=1S/C45H44O2S2/c1-4-8-30-13-15-32(16-14-30)33-17-19-34(20-18-33)35-23-27-37(28-24-35)49-41-12-7-10-39-43(41)45(47)38-9-6-11-40(42(38)44(39)46)48-36-25-21-31(22-26-36)29(3)5-2/h6-7,9-12,17-30,32H,4-5,8,13-16H2,1-3H3.